The van der Waals surface area contributed by atoms with Gasteiger partial charge in [0.05, 0.1) is 16.2 Å². The largest absolute Gasteiger partial charge is 0.393 e. The average molecular weight is 320 g/mol. The molecule has 19 heavy (non-hydrogen) atoms. The van der Waals surface area contributed by atoms with Gasteiger partial charge in [-0.2, -0.15) is 0 Å². The summed E-state index contributed by atoms with van der Waals surface area (Å²) in [6, 6.07) is 3.88. The first kappa shape index (κ1) is 15.2. The van der Waals surface area contributed by atoms with E-state index in [1.54, 1.807) is 23.1 Å². The zero-order valence-electron chi connectivity index (χ0n) is 10.6. The Bertz CT molecular complexity index is 425. The lowest BCUT2D eigenvalue weighted by molar-refractivity contribution is -0.118. The smallest absolute Gasteiger partial charge is 0.230 e. The van der Waals surface area contributed by atoms with Gasteiger partial charge in [0.1, 0.15) is 0 Å². The molecule has 1 aromatic heterocycles. The number of carbonyl (C=O) groups excluding carboxylic acids is 1. The number of halogens is 1. The molecule has 106 valence electrons. The Kier molecular flexibility index (Phi) is 6.01. The third kappa shape index (κ3) is 5.34. The molecule has 2 unspecified atom stereocenters. The maximum absolute atomic E-state index is 11.7. The van der Waals surface area contributed by atoms with Crippen LogP contribution in [0, 0.1) is 5.92 Å². The SMILES string of the molecule is O=C(CSCc1ccc(Cl)s1)NCC1CCC(O)C1. The summed E-state index contributed by atoms with van der Waals surface area (Å²) < 4.78 is 0.792. The van der Waals surface area contributed by atoms with Crippen LogP contribution >= 0.6 is 34.7 Å². The van der Waals surface area contributed by atoms with Crippen LogP contribution in [0.4, 0.5) is 0 Å². The lowest BCUT2D eigenvalue weighted by Gasteiger charge is -2.10. The van der Waals surface area contributed by atoms with Gasteiger partial charge < -0.3 is 10.4 Å². The molecular formula is C13H18ClNO2S2. The molecule has 2 atom stereocenters. The van der Waals surface area contributed by atoms with E-state index in [1.165, 1.54) is 4.88 Å². The third-order valence-electron chi connectivity index (χ3n) is 3.21. The summed E-state index contributed by atoms with van der Waals surface area (Å²) in [5, 5.41) is 12.4. The molecule has 2 rings (SSSR count). The highest BCUT2D eigenvalue weighted by Gasteiger charge is 2.22. The zero-order valence-corrected chi connectivity index (χ0v) is 13.0. The van der Waals surface area contributed by atoms with Crippen LogP contribution in [-0.2, 0) is 10.5 Å². The van der Waals surface area contributed by atoms with Gasteiger partial charge in [-0.25, -0.2) is 0 Å². The Labute approximate surface area is 126 Å². The van der Waals surface area contributed by atoms with E-state index in [9.17, 15) is 9.90 Å². The van der Waals surface area contributed by atoms with Gasteiger partial charge in [0.2, 0.25) is 5.91 Å². The second-order valence-electron chi connectivity index (χ2n) is 4.84. The van der Waals surface area contributed by atoms with E-state index in [0.29, 0.717) is 18.2 Å². The number of aliphatic hydroxyl groups is 1. The number of rotatable bonds is 6. The molecule has 1 saturated carbocycles. The van der Waals surface area contributed by atoms with Crippen LogP contribution in [0.1, 0.15) is 24.1 Å². The fraction of sp³-hybridized carbons (Fsp3) is 0.615. The molecule has 0 aliphatic heterocycles. The number of hydrogen-bond donors (Lipinski definition) is 2. The van der Waals surface area contributed by atoms with Crippen LogP contribution in [0.2, 0.25) is 4.34 Å². The molecule has 1 amide bonds. The molecule has 1 aliphatic rings. The van der Waals surface area contributed by atoms with Crippen molar-refractivity contribution < 1.29 is 9.90 Å². The minimum absolute atomic E-state index is 0.0778. The highest BCUT2D eigenvalue weighted by atomic mass is 35.5. The lowest BCUT2D eigenvalue weighted by atomic mass is 10.1. The monoisotopic (exact) mass is 319 g/mol. The Morgan fingerprint density at radius 2 is 2.37 bits per heavy atom. The van der Waals surface area contributed by atoms with Crippen LogP contribution in [0.3, 0.4) is 0 Å². The Hall–Kier alpha value is -0.230. The molecule has 0 spiro atoms. The minimum Gasteiger partial charge on any atom is -0.393 e. The first-order valence-electron chi connectivity index (χ1n) is 6.40. The van der Waals surface area contributed by atoms with Gasteiger partial charge in [0, 0.05) is 17.2 Å². The van der Waals surface area contributed by atoms with E-state index in [-0.39, 0.29) is 12.0 Å². The topological polar surface area (TPSA) is 49.3 Å². The maximum Gasteiger partial charge on any atom is 0.230 e. The third-order valence-corrected chi connectivity index (χ3v) is 5.60. The van der Waals surface area contributed by atoms with Crippen molar-refractivity contribution in [2.24, 2.45) is 5.92 Å². The molecule has 1 heterocycles. The molecule has 6 heteroatoms. The van der Waals surface area contributed by atoms with Gasteiger partial charge in [-0.05, 0) is 37.3 Å². The van der Waals surface area contributed by atoms with Crippen LogP contribution in [0.5, 0.6) is 0 Å². The second kappa shape index (κ2) is 7.53. The number of hydrogen-bond acceptors (Lipinski definition) is 4. The quantitative estimate of drug-likeness (QED) is 0.847. The molecule has 3 nitrogen and oxygen atoms in total. The van der Waals surface area contributed by atoms with Crippen LogP contribution < -0.4 is 5.32 Å². The van der Waals surface area contributed by atoms with Gasteiger partial charge in [0.15, 0.2) is 0 Å². The highest BCUT2D eigenvalue weighted by molar-refractivity contribution is 7.99. The number of thioether (sulfide) groups is 1. The molecule has 0 radical (unpaired) electrons. The lowest BCUT2D eigenvalue weighted by Crippen LogP contribution is -2.30. The number of thiophene rings is 1. The van der Waals surface area contributed by atoms with Crippen molar-refractivity contribution in [3.05, 3.63) is 21.3 Å². The Morgan fingerprint density at radius 1 is 1.53 bits per heavy atom. The maximum atomic E-state index is 11.7. The fourth-order valence-corrected chi connectivity index (χ4v) is 4.27. The minimum atomic E-state index is -0.167. The Morgan fingerprint density at radius 3 is 3.00 bits per heavy atom. The van der Waals surface area contributed by atoms with Gasteiger partial charge in [-0.1, -0.05) is 11.6 Å². The van der Waals surface area contributed by atoms with Crippen LogP contribution in [0.15, 0.2) is 12.1 Å². The van der Waals surface area contributed by atoms with E-state index >= 15 is 0 Å². The summed E-state index contributed by atoms with van der Waals surface area (Å²) in [5.41, 5.74) is 0. The van der Waals surface area contributed by atoms with Crippen LogP contribution in [0.25, 0.3) is 0 Å². The second-order valence-corrected chi connectivity index (χ2v) is 7.62. The van der Waals surface area contributed by atoms with Gasteiger partial charge in [-0.15, -0.1) is 23.1 Å². The molecule has 2 N–H and O–H groups in total. The molecule has 0 saturated heterocycles. The van der Waals surface area contributed by atoms with E-state index in [0.717, 1.165) is 29.4 Å². The first-order chi connectivity index (χ1) is 9.13. The highest BCUT2D eigenvalue weighted by Crippen LogP contribution is 2.26. The van der Waals surface area contributed by atoms with Crippen molar-refractivity contribution in [3.63, 3.8) is 0 Å². The van der Waals surface area contributed by atoms with Gasteiger partial charge in [0.25, 0.3) is 0 Å². The number of aliphatic hydroxyl groups excluding tert-OH is 1. The molecule has 0 bridgehead atoms. The molecular weight excluding hydrogens is 302 g/mol. The van der Waals surface area contributed by atoms with Crippen molar-refractivity contribution in [2.45, 2.75) is 31.1 Å². The van der Waals surface area contributed by atoms with Gasteiger partial charge in [-0.3, -0.25) is 4.79 Å². The van der Waals surface area contributed by atoms with Gasteiger partial charge >= 0.3 is 0 Å². The normalized spacial score (nSPS) is 22.6. The molecule has 0 aromatic carbocycles. The zero-order chi connectivity index (χ0) is 13.7. The number of nitrogens with one attached hydrogen (secondary N) is 1. The van der Waals surface area contributed by atoms with Crippen molar-refractivity contribution in [1.82, 2.24) is 5.32 Å². The Balaban J connectivity index is 1.57. The first-order valence-corrected chi connectivity index (χ1v) is 8.75. The summed E-state index contributed by atoms with van der Waals surface area (Å²) >= 11 is 9.01. The number of amides is 1. The predicted molar refractivity (Wildman–Crippen MR) is 81.8 cm³/mol. The van der Waals surface area contributed by atoms with Crippen molar-refractivity contribution in [1.29, 1.82) is 0 Å². The van der Waals surface area contributed by atoms with Crippen LogP contribution in [-0.4, -0.2) is 29.4 Å². The standard InChI is InChI=1S/C13H18ClNO2S2/c14-12-4-3-11(19-12)7-18-8-13(17)15-6-9-1-2-10(16)5-9/h3-4,9-10,16H,1-2,5-8H2,(H,15,17). The summed E-state index contributed by atoms with van der Waals surface area (Å²) in [5.74, 6) is 1.83. The summed E-state index contributed by atoms with van der Waals surface area (Å²) in [6.07, 6.45) is 2.54. The summed E-state index contributed by atoms with van der Waals surface area (Å²) in [4.78, 5) is 12.9. The number of carbonyl (C=O) groups is 1. The van der Waals surface area contributed by atoms with Crippen molar-refractivity contribution in [3.8, 4) is 0 Å². The predicted octanol–water partition coefficient (Wildman–Crippen LogP) is 2.91. The van der Waals surface area contributed by atoms with E-state index in [2.05, 4.69) is 5.32 Å². The molecule has 1 aromatic rings. The van der Waals surface area contributed by atoms with Crippen molar-refractivity contribution >= 4 is 40.6 Å². The molecule has 1 fully saturated rings. The fourth-order valence-electron chi connectivity index (χ4n) is 2.22. The van der Waals surface area contributed by atoms with E-state index in [1.807, 2.05) is 12.1 Å². The summed E-state index contributed by atoms with van der Waals surface area (Å²) in [7, 11) is 0. The average Bonchev–Trinajstić information content (AvgIpc) is 2.96. The van der Waals surface area contributed by atoms with E-state index < -0.39 is 0 Å². The van der Waals surface area contributed by atoms with E-state index in [4.69, 9.17) is 11.6 Å². The molecule has 1 aliphatic carbocycles. The van der Waals surface area contributed by atoms with Crippen molar-refractivity contribution in [2.75, 3.05) is 12.3 Å². The summed E-state index contributed by atoms with van der Waals surface area (Å²) in [6.45, 7) is 0.696.